The van der Waals surface area contributed by atoms with Gasteiger partial charge in [0.2, 0.25) is 0 Å². The summed E-state index contributed by atoms with van der Waals surface area (Å²) < 4.78 is 49.6. The number of carbonyl (C=O) groups is 1. The Hall–Kier alpha value is -4.02. The van der Waals surface area contributed by atoms with Crippen LogP contribution in [-0.4, -0.2) is 31.6 Å². The smallest absolute Gasteiger partial charge is 0.410 e. The van der Waals surface area contributed by atoms with Crippen molar-refractivity contribution in [3.63, 3.8) is 0 Å². The van der Waals surface area contributed by atoms with Crippen molar-refractivity contribution in [3.8, 4) is 0 Å². The predicted octanol–water partition coefficient (Wildman–Crippen LogP) is 5.56. The Morgan fingerprint density at radius 3 is 2.67 bits per heavy atom. The molecule has 4 heterocycles. The number of aryl methyl sites for hydroxylation is 2. The lowest BCUT2D eigenvalue weighted by Crippen LogP contribution is -2.36. The van der Waals surface area contributed by atoms with Crippen molar-refractivity contribution >= 4 is 17.4 Å². The molecule has 0 radical (unpaired) electrons. The number of nitrogens with one attached hydrogen (secondary N) is 2. The molecule has 2 atom stereocenters. The van der Waals surface area contributed by atoms with E-state index in [0.717, 1.165) is 27.7 Å². The largest absolute Gasteiger partial charge is 0.467 e. The SMILES string of the molecule is Cc1ccccc1Cn1nc(C)c(NC(=O)c2cnn3c2N[C@@H](c2ccco2)C[C@@H]3C(F)(F)F)c1C. The summed E-state index contributed by atoms with van der Waals surface area (Å²) in [5.74, 6) is -0.233. The molecule has 1 aromatic carbocycles. The number of rotatable bonds is 5. The Bertz CT molecular complexity index is 1400. The summed E-state index contributed by atoms with van der Waals surface area (Å²) in [5, 5.41) is 14.3. The van der Waals surface area contributed by atoms with E-state index in [9.17, 15) is 18.0 Å². The van der Waals surface area contributed by atoms with Crippen molar-refractivity contribution in [2.45, 2.75) is 52.0 Å². The lowest BCUT2D eigenvalue weighted by atomic mass is 10.0. The fraction of sp³-hybridized carbons (Fsp3) is 0.320. The first-order valence-electron chi connectivity index (χ1n) is 11.5. The van der Waals surface area contributed by atoms with Crippen LogP contribution in [0.25, 0.3) is 0 Å². The summed E-state index contributed by atoms with van der Waals surface area (Å²) in [6.45, 7) is 6.16. The van der Waals surface area contributed by atoms with Gasteiger partial charge in [0.15, 0.2) is 6.04 Å². The fourth-order valence-electron chi connectivity index (χ4n) is 4.57. The van der Waals surface area contributed by atoms with E-state index in [2.05, 4.69) is 20.8 Å². The summed E-state index contributed by atoms with van der Waals surface area (Å²) in [5.41, 5.74) is 4.08. The number of carbonyl (C=O) groups excluding carboxylic acids is 1. The number of halogens is 3. The van der Waals surface area contributed by atoms with Gasteiger partial charge in [0.25, 0.3) is 5.91 Å². The van der Waals surface area contributed by atoms with Crippen LogP contribution in [0.4, 0.5) is 24.7 Å². The third kappa shape index (κ3) is 4.25. The van der Waals surface area contributed by atoms with Gasteiger partial charge in [-0.1, -0.05) is 24.3 Å². The van der Waals surface area contributed by atoms with E-state index in [1.807, 2.05) is 38.1 Å². The molecule has 2 N–H and O–H groups in total. The molecule has 188 valence electrons. The molecule has 0 fully saturated rings. The molecule has 0 saturated heterocycles. The molecule has 3 aromatic heterocycles. The first kappa shape index (κ1) is 23.7. The molecular formula is C25H25F3N6O2. The molecule has 11 heteroatoms. The van der Waals surface area contributed by atoms with Gasteiger partial charge in [-0.3, -0.25) is 9.48 Å². The van der Waals surface area contributed by atoms with Gasteiger partial charge in [-0.05, 0) is 44.0 Å². The molecule has 0 bridgehead atoms. The lowest BCUT2D eigenvalue weighted by molar-refractivity contribution is -0.174. The average Bonchev–Trinajstić information content (AvgIpc) is 3.56. The summed E-state index contributed by atoms with van der Waals surface area (Å²) in [6.07, 6.45) is -2.30. The highest BCUT2D eigenvalue weighted by molar-refractivity contribution is 6.08. The minimum absolute atomic E-state index is 0.00552. The van der Waals surface area contributed by atoms with E-state index in [1.165, 1.54) is 6.26 Å². The zero-order valence-electron chi connectivity index (χ0n) is 19.9. The molecule has 0 unspecified atom stereocenters. The van der Waals surface area contributed by atoms with Crippen molar-refractivity contribution in [3.05, 3.63) is 82.7 Å². The Kier molecular flexibility index (Phi) is 5.85. The summed E-state index contributed by atoms with van der Waals surface area (Å²) >= 11 is 0. The molecule has 8 nitrogen and oxygen atoms in total. The third-order valence-corrected chi connectivity index (χ3v) is 6.57. The van der Waals surface area contributed by atoms with Gasteiger partial charge in [0.05, 0.1) is 42.1 Å². The maximum Gasteiger partial charge on any atom is 0.410 e. The van der Waals surface area contributed by atoms with Gasteiger partial charge >= 0.3 is 6.18 Å². The van der Waals surface area contributed by atoms with Gasteiger partial charge in [-0.25, -0.2) is 4.68 Å². The van der Waals surface area contributed by atoms with Gasteiger partial charge in [0, 0.05) is 6.42 Å². The van der Waals surface area contributed by atoms with Crippen LogP contribution in [0.2, 0.25) is 0 Å². The summed E-state index contributed by atoms with van der Waals surface area (Å²) in [4.78, 5) is 13.3. The van der Waals surface area contributed by atoms with Crippen LogP contribution in [0.3, 0.4) is 0 Å². The lowest BCUT2D eigenvalue weighted by Gasteiger charge is -2.32. The topological polar surface area (TPSA) is 89.9 Å². The van der Waals surface area contributed by atoms with E-state index < -0.39 is 24.2 Å². The molecule has 4 aromatic rings. The van der Waals surface area contributed by atoms with Crippen LogP contribution in [0.5, 0.6) is 0 Å². The maximum atomic E-state index is 13.9. The van der Waals surface area contributed by atoms with E-state index >= 15 is 0 Å². The highest BCUT2D eigenvalue weighted by atomic mass is 19.4. The van der Waals surface area contributed by atoms with Gasteiger partial charge in [-0.2, -0.15) is 23.4 Å². The van der Waals surface area contributed by atoms with Crippen LogP contribution >= 0.6 is 0 Å². The van der Waals surface area contributed by atoms with Crippen LogP contribution < -0.4 is 10.6 Å². The molecule has 1 aliphatic rings. The quantitative estimate of drug-likeness (QED) is 0.376. The second-order valence-electron chi connectivity index (χ2n) is 8.94. The van der Waals surface area contributed by atoms with Gasteiger partial charge in [0.1, 0.15) is 17.1 Å². The van der Waals surface area contributed by atoms with Gasteiger partial charge in [-0.15, -0.1) is 0 Å². The first-order valence-corrected chi connectivity index (χ1v) is 11.5. The van der Waals surface area contributed by atoms with Crippen molar-refractivity contribution in [1.29, 1.82) is 0 Å². The average molecular weight is 499 g/mol. The Morgan fingerprint density at radius 2 is 1.97 bits per heavy atom. The molecule has 0 aliphatic carbocycles. The van der Waals surface area contributed by atoms with E-state index in [-0.39, 0.29) is 17.8 Å². The number of furan rings is 1. The number of anilines is 2. The van der Waals surface area contributed by atoms with Crippen LogP contribution in [0.1, 0.15) is 57.1 Å². The Labute approximate surface area is 205 Å². The van der Waals surface area contributed by atoms with Crippen molar-refractivity contribution < 1.29 is 22.4 Å². The number of aromatic nitrogens is 4. The maximum absolute atomic E-state index is 13.9. The van der Waals surface area contributed by atoms with E-state index in [0.29, 0.717) is 23.7 Å². The minimum atomic E-state index is -4.55. The second-order valence-corrected chi connectivity index (χ2v) is 8.94. The predicted molar refractivity (Wildman–Crippen MR) is 127 cm³/mol. The molecular weight excluding hydrogens is 473 g/mol. The number of hydrogen-bond acceptors (Lipinski definition) is 5. The number of hydrogen-bond donors (Lipinski definition) is 2. The molecule has 0 saturated carbocycles. The number of fused-ring (bicyclic) bond motifs is 1. The second kappa shape index (κ2) is 8.89. The molecule has 0 spiro atoms. The minimum Gasteiger partial charge on any atom is -0.467 e. The van der Waals surface area contributed by atoms with E-state index in [4.69, 9.17) is 4.42 Å². The number of amides is 1. The number of benzene rings is 1. The third-order valence-electron chi connectivity index (χ3n) is 6.57. The molecule has 36 heavy (non-hydrogen) atoms. The highest BCUT2D eigenvalue weighted by Crippen LogP contribution is 2.44. The van der Waals surface area contributed by atoms with Gasteiger partial charge < -0.3 is 15.1 Å². The van der Waals surface area contributed by atoms with Crippen LogP contribution in [0.15, 0.2) is 53.3 Å². The number of nitrogens with zero attached hydrogens (tertiary/aromatic N) is 4. The van der Waals surface area contributed by atoms with Crippen molar-refractivity contribution in [2.24, 2.45) is 0 Å². The first-order chi connectivity index (χ1) is 17.1. The normalized spacial score (nSPS) is 17.5. The monoisotopic (exact) mass is 498 g/mol. The van der Waals surface area contributed by atoms with Crippen molar-refractivity contribution in [2.75, 3.05) is 10.6 Å². The zero-order chi connectivity index (χ0) is 25.6. The molecule has 1 aliphatic heterocycles. The summed E-state index contributed by atoms with van der Waals surface area (Å²) in [7, 11) is 0. The van der Waals surface area contributed by atoms with Crippen LogP contribution in [0, 0.1) is 20.8 Å². The Balaban J connectivity index is 1.44. The van der Waals surface area contributed by atoms with Crippen molar-refractivity contribution in [1.82, 2.24) is 19.6 Å². The Morgan fingerprint density at radius 1 is 1.19 bits per heavy atom. The van der Waals surface area contributed by atoms with Crippen LogP contribution in [-0.2, 0) is 6.54 Å². The fourth-order valence-corrected chi connectivity index (χ4v) is 4.57. The number of alkyl halides is 3. The summed E-state index contributed by atoms with van der Waals surface area (Å²) in [6, 6.07) is 8.51. The molecule has 1 amide bonds. The highest BCUT2D eigenvalue weighted by Gasteiger charge is 2.47. The molecule has 5 rings (SSSR count). The zero-order valence-corrected chi connectivity index (χ0v) is 19.9. The van der Waals surface area contributed by atoms with E-state index in [1.54, 1.807) is 23.7 Å². The standard InChI is InChI=1S/C25H25F3N6O2/c1-14-7-4-5-8-17(14)13-33-16(3)22(15(2)32-33)31-24(35)18-12-29-34-21(25(26,27)28)11-19(30-23(18)34)20-9-6-10-36-20/h4-10,12,19,21,30H,11,13H2,1-3H3,(H,31,35)/t19-,21-/m1/s1.